The van der Waals surface area contributed by atoms with E-state index in [-0.39, 0.29) is 11.8 Å². The van der Waals surface area contributed by atoms with E-state index in [4.69, 9.17) is 5.73 Å². The number of amides is 1. The van der Waals surface area contributed by atoms with E-state index < -0.39 is 0 Å². The zero-order chi connectivity index (χ0) is 14.0. The van der Waals surface area contributed by atoms with Gasteiger partial charge in [0.1, 0.15) is 0 Å². The fourth-order valence-corrected chi connectivity index (χ4v) is 2.26. The number of nitrogens with zero attached hydrogens (tertiary/aromatic N) is 4. The molecule has 0 aliphatic carbocycles. The predicted octanol–water partition coefficient (Wildman–Crippen LogP) is 1.17. The minimum atomic E-state index is -0.223. The molecule has 6 heteroatoms. The molecular formula is C13H19N5O. The van der Waals surface area contributed by atoms with Gasteiger partial charge < -0.3 is 5.73 Å². The van der Waals surface area contributed by atoms with Crippen LogP contribution in [0.5, 0.6) is 0 Å². The molecule has 1 atom stereocenters. The van der Waals surface area contributed by atoms with Gasteiger partial charge >= 0.3 is 0 Å². The third-order valence-electron chi connectivity index (χ3n) is 3.12. The molecule has 0 fully saturated rings. The van der Waals surface area contributed by atoms with Crippen molar-refractivity contribution in [1.29, 1.82) is 0 Å². The first-order valence-corrected chi connectivity index (χ1v) is 6.50. The summed E-state index contributed by atoms with van der Waals surface area (Å²) in [5, 5.41) is 5.68. The van der Waals surface area contributed by atoms with E-state index >= 15 is 0 Å². The maximum Gasteiger partial charge on any atom is 0.259 e. The Morgan fingerprint density at radius 2 is 1.95 bits per heavy atom. The Kier molecular flexibility index (Phi) is 3.90. The number of carbonyl (C=O) groups is 1. The maximum atomic E-state index is 12.4. The van der Waals surface area contributed by atoms with Gasteiger partial charge in [-0.3, -0.25) is 4.79 Å². The van der Waals surface area contributed by atoms with Crippen LogP contribution in [0.2, 0.25) is 0 Å². The van der Waals surface area contributed by atoms with Gasteiger partial charge in [-0.2, -0.15) is 10.1 Å². The summed E-state index contributed by atoms with van der Waals surface area (Å²) in [5.41, 5.74) is 8.07. The molecule has 1 unspecified atom stereocenters. The first-order chi connectivity index (χ1) is 9.06. The Labute approximate surface area is 112 Å². The Bertz CT molecular complexity index is 506. The van der Waals surface area contributed by atoms with Gasteiger partial charge in [-0.15, -0.1) is 0 Å². The lowest BCUT2D eigenvalue weighted by Gasteiger charge is -2.13. The van der Waals surface area contributed by atoms with Gasteiger partial charge in [-0.1, -0.05) is 6.92 Å². The molecule has 19 heavy (non-hydrogen) atoms. The molecule has 0 aromatic carbocycles. The molecule has 6 nitrogen and oxygen atoms in total. The Morgan fingerprint density at radius 3 is 2.47 bits per heavy atom. The van der Waals surface area contributed by atoms with Crippen LogP contribution in [-0.4, -0.2) is 28.1 Å². The van der Waals surface area contributed by atoms with Crippen LogP contribution < -0.4 is 10.7 Å². The predicted molar refractivity (Wildman–Crippen MR) is 73.9 cm³/mol. The minimum Gasteiger partial charge on any atom is -0.330 e. The molecule has 1 aromatic heterocycles. The van der Waals surface area contributed by atoms with Gasteiger partial charge in [-0.25, -0.2) is 9.97 Å². The summed E-state index contributed by atoms with van der Waals surface area (Å²) in [7, 11) is 0. The number of hydrogen-bond acceptors (Lipinski definition) is 5. The number of carbonyl (C=O) groups excluding carboxylic acids is 1. The normalized spacial score (nSPS) is 18.9. The molecule has 1 amide bonds. The average molecular weight is 261 g/mol. The first-order valence-electron chi connectivity index (χ1n) is 6.50. The third-order valence-corrected chi connectivity index (χ3v) is 3.12. The molecule has 2 rings (SSSR count). The summed E-state index contributed by atoms with van der Waals surface area (Å²) in [6, 6.07) is 1.87. The number of anilines is 1. The summed E-state index contributed by atoms with van der Waals surface area (Å²) < 4.78 is 0. The summed E-state index contributed by atoms with van der Waals surface area (Å²) in [6.45, 7) is 6.21. The van der Waals surface area contributed by atoms with Crippen molar-refractivity contribution in [2.45, 2.75) is 33.6 Å². The van der Waals surface area contributed by atoms with E-state index in [9.17, 15) is 4.79 Å². The Hall–Kier alpha value is -1.82. The Morgan fingerprint density at radius 1 is 1.32 bits per heavy atom. The molecule has 2 N–H and O–H groups in total. The van der Waals surface area contributed by atoms with Gasteiger partial charge in [0.15, 0.2) is 0 Å². The van der Waals surface area contributed by atoms with E-state index in [1.165, 1.54) is 5.01 Å². The second-order valence-electron chi connectivity index (χ2n) is 4.68. The maximum absolute atomic E-state index is 12.4. The van der Waals surface area contributed by atoms with Crippen LogP contribution in [0.1, 0.15) is 31.2 Å². The van der Waals surface area contributed by atoms with Crippen LogP contribution in [-0.2, 0) is 4.79 Å². The van der Waals surface area contributed by atoms with Crippen LogP contribution in [0.3, 0.4) is 0 Å². The smallest absolute Gasteiger partial charge is 0.259 e. The highest BCUT2D eigenvalue weighted by atomic mass is 16.2. The van der Waals surface area contributed by atoms with Crippen molar-refractivity contribution in [1.82, 2.24) is 9.97 Å². The SMILES string of the molecule is CCC1=NN(c2nc(C)cc(C)n2)C(=O)C1CCN. The molecular weight excluding hydrogens is 242 g/mol. The molecule has 0 saturated carbocycles. The topological polar surface area (TPSA) is 84.5 Å². The minimum absolute atomic E-state index is 0.0766. The van der Waals surface area contributed by atoms with Gasteiger partial charge in [-0.05, 0) is 39.3 Å². The average Bonchev–Trinajstić information content (AvgIpc) is 2.66. The number of rotatable bonds is 4. The number of nitrogens with two attached hydrogens (primary N) is 1. The van der Waals surface area contributed by atoms with Crippen LogP contribution in [0.15, 0.2) is 11.2 Å². The van der Waals surface area contributed by atoms with E-state index in [2.05, 4.69) is 15.1 Å². The summed E-state index contributed by atoms with van der Waals surface area (Å²) >= 11 is 0. The molecule has 0 radical (unpaired) electrons. The molecule has 2 heterocycles. The summed E-state index contributed by atoms with van der Waals surface area (Å²) in [4.78, 5) is 20.9. The van der Waals surface area contributed by atoms with Gasteiger partial charge in [0.05, 0.1) is 11.6 Å². The van der Waals surface area contributed by atoms with Gasteiger partial charge in [0, 0.05) is 11.4 Å². The zero-order valence-corrected chi connectivity index (χ0v) is 11.6. The fourth-order valence-electron chi connectivity index (χ4n) is 2.26. The van der Waals surface area contributed by atoms with Crippen LogP contribution >= 0.6 is 0 Å². The van der Waals surface area contributed by atoms with E-state index in [1.54, 1.807) is 0 Å². The van der Waals surface area contributed by atoms with Crippen LogP contribution in [0, 0.1) is 19.8 Å². The largest absolute Gasteiger partial charge is 0.330 e. The Balaban J connectivity index is 2.35. The lowest BCUT2D eigenvalue weighted by Crippen LogP contribution is -2.30. The second-order valence-corrected chi connectivity index (χ2v) is 4.68. The number of aryl methyl sites for hydroxylation is 2. The molecule has 0 saturated heterocycles. The van der Waals surface area contributed by atoms with E-state index in [0.29, 0.717) is 18.9 Å². The quantitative estimate of drug-likeness (QED) is 0.881. The highest BCUT2D eigenvalue weighted by Crippen LogP contribution is 2.24. The van der Waals surface area contributed by atoms with Crippen LogP contribution in [0.4, 0.5) is 5.95 Å². The molecule has 0 spiro atoms. The first kappa shape index (κ1) is 13.6. The van der Waals surface area contributed by atoms with E-state index in [0.717, 1.165) is 23.5 Å². The molecule has 102 valence electrons. The molecule has 0 bridgehead atoms. The van der Waals surface area contributed by atoms with Crippen molar-refractivity contribution < 1.29 is 4.79 Å². The van der Waals surface area contributed by atoms with E-state index in [1.807, 2.05) is 26.8 Å². The zero-order valence-electron chi connectivity index (χ0n) is 11.6. The molecule has 1 aliphatic rings. The molecule has 1 aliphatic heterocycles. The third kappa shape index (κ3) is 2.63. The monoisotopic (exact) mass is 261 g/mol. The summed E-state index contributed by atoms with van der Waals surface area (Å²) in [6.07, 6.45) is 1.35. The lowest BCUT2D eigenvalue weighted by atomic mass is 9.98. The van der Waals surface area contributed by atoms with Crippen molar-refractivity contribution in [3.8, 4) is 0 Å². The van der Waals surface area contributed by atoms with Gasteiger partial charge in [0.25, 0.3) is 11.9 Å². The van der Waals surface area contributed by atoms with Crippen molar-refractivity contribution in [2.24, 2.45) is 16.8 Å². The van der Waals surface area contributed by atoms with Crippen molar-refractivity contribution in [3.05, 3.63) is 17.5 Å². The molecule has 1 aromatic rings. The summed E-state index contributed by atoms with van der Waals surface area (Å²) in [5.74, 6) is 0.0553. The second kappa shape index (κ2) is 5.44. The van der Waals surface area contributed by atoms with Crippen molar-refractivity contribution in [2.75, 3.05) is 11.6 Å². The standard InChI is InChI=1S/C13H19N5O/c1-4-11-10(5-6-14)12(19)18(17-11)13-15-8(2)7-9(3)16-13/h7,10H,4-6,14H2,1-3H3. The van der Waals surface area contributed by atoms with Crippen molar-refractivity contribution in [3.63, 3.8) is 0 Å². The number of aromatic nitrogens is 2. The highest BCUT2D eigenvalue weighted by molar-refractivity contribution is 6.14. The number of hydrazone groups is 1. The van der Waals surface area contributed by atoms with Gasteiger partial charge in [0.2, 0.25) is 0 Å². The highest BCUT2D eigenvalue weighted by Gasteiger charge is 2.36. The van der Waals surface area contributed by atoms with Crippen LogP contribution in [0.25, 0.3) is 0 Å². The lowest BCUT2D eigenvalue weighted by molar-refractivity contribution is -0.119. The fraction of sp³-hybridized carbons (Fsp3) is 0.538. The number of hydrogen-bond donors (Lipinski definition) is 1. The van der Waals surface area contributed by atoms with Crippen molar-refractivity contribution >= 4 is 17.6 Å².